The minimum absolute atomic E-state index is 0.170. The van der Waals surface area contributed by atoms with Crippen LogP contribution in [0.3, 0.4) is 0 Å². The zero-order valence-electron chi connectivity index (χ0n) is 24.2. The maximum atomic E-state index is 13.1. The topological polar surface area (TPSA) is 89.1 Å². The summed E-state index contributed by atoms with van der Waals surface area (Å²) in [7, 11) is 0. The van der Waals surface area contributed by atoms with Crippen molar-refractivity contribution in [1.82, 2.24) is 29.7 Å². The highest BCUT2D eigenvalue weighted by atomic mass is 32.2. The summed E-state index contributed by atoms with van der Waals surface area (Å²) in [6.07, 6.45) is 4.05. The lowest BCUT2D eigenvalue weighted by Gasteiger charge is -2.14. The molecule has 0 radical (unpaired) electrons. The first-order valence-corrected chi connectivity index (χ1v) is 15.6. The first-order chi connectivity index (χ1) is 19.6. The highest BCUT2D eigenvalue weighted by molar-refractivity contribution is 7.99. The third-order valence-corrected chi connectivity index (χ3v) is 8.51. The number of fused-ring (bicyclic) bond motifs is 1. The lowest BCUT2D eigenvalue weighted by molar-refractivity contribution is 0.251. The van der Waals surface area contributed by atoms with E-state index >= 15 is 0 Å². The molecule has 3 heterocycles. The van der Waals surface area contributed by atoms with Crippen LogP contribution in [0.2, 0.25) is 0 Å². The van der Waals surface area contributed by atoms with Crippen molar-refractivity contribution < 1.29 is 4.79 Å². The molecule has 0 bridgehead atoms. The van der Waals surface area contributed by atoms with Gasteiger partial charge in [0.15, 0.2) is 5.65 Å². The lowest BCUT2D eigenvalue weighted by Crippen LogP contribution is -2.29. The average Bonchev–Trinajstić information content (AvgIpc) is 3.58. The number of nitrogens with one attached hydrogen (secondary N) is 2. The summed E-state index contributed by atoms with van der Waals surface area (Å²) in [5, 5.41) is 19.7. The van der Waals surface area contributed by atoms with Crippen molar-refractivity contribution in [3.05, 3.63) is 90.0 Å². The number of thioether (sulfide) groups is 1. The number of carbonyl (C=O) groups is 1. The summed E-state index contributed by atoms with van der Waals surface area (Å²) in [4.78, 5) is 16.4. The molecule has 2 N–H and O–H groups in total. The average molecular weight is 586 g/mol. The van der Waals surface area contributed by atoms with Crippen LogP contribution in [-0.2, 0) is 12.0 Å². The van der Waals surface area contributed by atoms with Crippen molar-refractivity contribution in [3.8, 4) is 5.69 Å². The van der Waals surface area contributed by atoms with Crippen molar-refractivity contribution in [2.24, 2.45) is 0 Å². The Labute approximate surface area is 249 Å². The van der Waals surface area contributed by atoms with E-state index in [9.17, 15) is 4.79 Å². The molecule has 10 heteroatoms. The lowest BCUT2D eigenvalue weighted by atomic mass is 9.92. The van der Waals surface area contributed by atoms with Crippen molar-refractivity contribution in [2.75, 3.05) is 11.6 Å². The van der Waals surface area contributed by atoms with Gasteiger partial charge in [0.2, 0.25) is 0 Å². The number of amides is 2. The summed E-state index contributed by atoms with van der Waals surface area (Å²) in [6.45, 7) is 10.9. The van der Waals surface area contributed by atoms with Crippen LogP contribution in [0.25, 0.3) is 11.3 Å². The smallest absolute Gasteiger partial charge is 0.320 e. The van der Waals surface area contributed by atoms with Crippen LogP contribution in [0.4, 0.5) is 10.6 Å². The van der Waals surface area contributed by atoms with Gasteiger partial charge in [0.25, 0.3) is 0 Å². The molecule has 41 heavy (non-hydrogen) atoms. The second-order valence-electron chi connectivity index (χ2n) is 11.1. The maximum Gasteiger partial charge on any atom is 0.320 e. The monoisotopic (exact) mass is 585 g/mol. The van der Waals surface area contributed by atoms with E-state index in [-0.39, 0.29) is 17.4 Å². The zero-order valence-corrected chi connectivity index (χ0v) is 25.8. The second kappa shape index (κ2) is 12.0. The Hall–Kier alpha value is -3.76. The van der Waals surface area contributed by atoms with E-state index in [2.05, 4.69) is 79.7 Å². The standard InChI is InChI=1S/C31H35N7OS2/c1-20(2)28-34-35-29-25(12-9-17-37(28)29)41-24-11-8-7-10-21(24)19-32-30(39)33-27-18-26(31(3,4)5)36-38(27)22-13-15-23(40-6)16-14-22/h7-18,20H,19H2,1-6H3,(H2,32,33,39). The molecular formula is C31H35N7OS2. The first-order valence-electron chi connectivity index (χ1n) is 13.5. The number of nitrogens with zero attached hydrogens (tertiary/aromatic N) is 5. The van der Waals surface area contributed by atoms with Gasteiger partial charge in [0.1, 0.15) is 11.6 Å². The van der Waals surface area contributed by atoms with E-state index in [0.717, 1.165) is 38.2 Å². The fraction of sp³-hybridized carbons (Fsp3) is 0.290. The molecule has 0 unspecified atom stereocenters. The highest BCUT2D eigenvalue weighted by Gasteiger charge is 2.22. The molecule has 5 aromatic rings. The van der Waals surface area contributed by atoms with E-state index < -0.39 is 0 Å². The quantitative estimate of drug-likeness (QED) is 0.183. The van der Waals surface area contributed by atoms with Gasteiger partial charge >= 0.3 is 6.03 Å². The van der Waals surface area contributed by atoms with E-state index in [0.29, 0.717) is 12.4 Å². The number of anilines is 1. The van der Waals surface area contributed by atoms with E-state index in [1.165, 1.54) is 4.90 Å². The third kappa shape index (κ3) is 6.44. The van der Waals surface area contributed by atoms with Crippen LogP contribution in [-0.4, -0.2) is 36.7 Å². The zero-order chi connectivity index (χ0) is 29.1. The van der Waals surface area contributed by atoms with E-state index in [4.69, 9.17) is 5.10 Å². The predicted octanol–water partition coefficient (Wildman–Crippen LogP) is 7.53. The molecule has 8 nitrogen and oxygen atoms in total. The van der Waals surface area contributed by atoms with Gasteiger partial charge in [-0.3, -0.25) is 9.72 Å². The molecule has 2 aromatic carbocycles. The van der Waals surface area contributed by atoms with Gasteiger partial charge in [-0.25, -0.2) is 9.48 Å². The van der Waals surface area contributed by atoms with Crippen LogP contribution in [0.15, 0.2) is 87.6 Å². The van der Waals surface area contributed by atoms with Gasteiger partial charge in [-0.15, -0.1) is 22.0 Å². The number of aromatic nitrogens is 5. The SMILES string of the molecule is CSc1ccc(-n2nc(C(C)(C)C)cc2NC(=O)NCc2ccccc2Sc2cccn3c(C(C)C)nnc23)cc1. The first kappa shape index (κ1) is 28.8. The van der Waals surface area contributed by atoms with E-state index in [1.54, 1.807) is 28.2 Å². The number of hydrogen-bond donors (Lipinski definition) is 2. The molecule has 0 aliphatic heterocycles. The summed E-state index contributed by atoms with van der Waals surface area (Å²) in [6, 6.07) is 21.9. The molecule has 0 saturated heterocycles. The fourth-order valence-electron chi connectivity index (χ4n) is 4.34. The minimum Gasteiger partial charge on any atom is -0.334 e. The Bertz CT molecular complexity index is 1670. The molecule has 0 aliphatic carbocycles. The Morgan fingerprint density at radius 1 is 0.976 bits per heavy atom. The Balaban J connectivity index is 1.33. The summed E-state index contributed by atoms with van der Waals surface area (Å²) < 4.78 is 3.84. The molecule has 3 aromatic heterocycles. The highest BCUT2D eigenvalue weighted by Crippen LogP contribution is 2.33. The van der Waals surface area contributed by atoms with Gasteiger partial charge in [0, 0.05) is 39.9 Å². The van der Waals surface area contributed by atoms with E-state index in [1.807, 2.05) is 59.3 Å². The number of carbonyl (C=O) groups excluding carboxylic acids is 1. The molecule has 0 atom stereocenters. The van der Waals surface area contributed by atoms with Gasteiger partial charge in [-0.05, 0) is 54.3 Å². The van der Waals surface area contributed by atoms with Gasteiger partial charge in [0.05, 0.1) is 16.3 Å². The third-order valence-electron chi connectivity index (χ3n) is 6.61. The summed E-state index contributed by atoms with van der Waals surface area (Å²) >= 11 is 3.31. The van der Waals surface area contributed by atoms with Crippen molar-refractivity contribution in [3.63, 3.8) is 0 Å². The van der Waals surface area contributed by atoms with Crippen molar-refractivity contribution >= 4 is 41.0 Å². The molecule has 5 rings (SSSR count). The van der Waals surface area contributed by atoms with Gasteiger partial charge in [-0.2, -0.15) is 5.10 Å². The molecule has 0 spiro atoms. The Morgan fingerprint density at radius 3 is 2.41 bits per heavy atom. The van der Waals surface area contributed by atoms with Crippen LogP contribution in [0.1, 0.15) is 57.6 Å². The second-order valence-corrected chi connectivity index (χ2v) is 13.0. The Morgan fingerprint density at radius 2 is 1.71 bits per heavy atom. The number of rotatable bonds is 8. The summed E-state index contributed by atoms with van der Waals surface area (Å²) in [5.41, 5.74) is 3.45. The summed E-state index contributed by atoms with van der Waals surface area (Å²) in [5.74, 6) is 1.82. The maximum absolute atomic E-state index is 13.1. The van der Waals surface area contributed by atoms with Crippen LogP contribution < -0.4 is 10.6 Å². The molecule has 0 saturated carbocycles. The van der Waals surface area contributed by atoms with Crippen LogP contribution in [0, 0.1) is 0 Å². The van der Waals surface area contributed by atoms with Crippen LogP contribution >= 0.6 is 23.5 Å². The number of benzene rings is 2. The predicted molar refractivity (Wildman–Crippen MR) is 168 cm³/mol. The largest absolute Gasteiger partial charge is 0.334 e. The van der Waals surface area contributed by atoms with Gasteiger partial charge in [-0.1, -0.05) is 64.6 Å². The molecule has 0 fully saturated rings. The number of pyridine rings is 1. The molecular weight excluding hydrogens is 551 g/mol. The Kier molecular flexibility index (Phi) is 8.42. The molecule has 2 amide bonds. The van der Waals surface area contributed by atoms with Crippen molar-refractivity contribution in [1.29, 1.82) is 0 Å². The van der Waals surface area contributed by atoms with Crippen molar-refractivity contribution in [2.45, 2.75) is 67.2 Å². The minimum atomic E-state index is -0.298. The van der Waals surface area contributed by atoms with Gasteiger partial charge < -0.3 is 5.32 Å². The fourth-order valence-corrected chi connectivity index (χ4v) is 5.78. The number of hydrogen-bond acceptors (Lipinski definition) is 6. The molecule has 212 valence electrons. The number of urea groups is 1. The normalized spacial score (nSPS) is 11.8. The molecule has 0 aliphatic rings. The van der Waals surface area contributed by atoms with Crippen LogP contribution in [0.5, 0.6) is 0 Å².